The Morgan fingerprint density at radius 2 is 1.70 bits per heavy atom. The second-order valence-electron chi connectivity index (χ2n) is 10.8. The molecular formula is C32H37N3O5. The highest BCUT2D eigenvalue weighted by atomic mass is 16.6. The molecule has 0 unspecified atom stereocenters. The van der Waals surface area contributed by atoms with Crippen LogP contribution in [-0.2, 0) is 27.4 Å². The Bertz CT molecular complexity index is 1470. The number of aromatic nitrogens is 2. The van der Waals surface area contributed by atoms with Gasteiger partial charge in [-0.15, -0.1) is 0 Å². The summed E-state index contributed by atoms with van der Waals surface area (Å²) in [6.45, 7) is 8.81. The molecule has 4 aromatic rings. The fraction of sp³-hybridized carbons (Fsp3) is 0.344. The van der Waals surface area contributed by atoms with Gasteiger partial charge in [0.25, 0.3) is 5.89 Å². The van der Waals surface area contributed by atoms with E-state index >= 15 is 0 Å². The first-order valence-electron chi connectivity index (χ1n) is 13.2. The Morgan fingerprint density at radius 1 is 0.950 bits per heavy atom. The molecule has 0 aliphatic carbocycles. The normalized spacial score (nSPS) is 11.6. The monoisotopic (exact) mass is 543 g/mol. The average Bonchev–Trinajstić information content (AvgIpc) is 3.39. The van der Waals surface area contributed by atoms with Crippen molar-refractivity contribution in [2.24, 2.45) is 0 Å². The number of benzene rings is 3. The lowest BCUT2D eigenvalue weighted by Crippen LogP contribution is -2.32. The van der Waals surface area contributed by atoms with Gasteiger partial charge in [0.2, 0.25) is 5.82 Å². The Labute approximate surface area is 235 Å². The van der Waals surface area contributed by atoms with E-state index in [1.54, 1.807) is 14.2 Å². The third kappa shape index (κ3) is 7.14. The molecule has 4 rings (SSSR count). The molecule has 8 nitrogen and oxygen atoms in total. The second-order valence-corrected chi connectivity index (χ2v) is 10.8. The van der Waals surface area contributed by atoms with Crippen LogP contribution >= 0.6 is 0 Å². The van der Waals surface area contributed by atoms with E-state index in [2.05, 4.69) is 35.3 Å². The fourth-order valence-corrected chi connectivity index (χ4v) is 4.55. The van der Waals surface area contributed by atoms with Crippen LogP contribution in [0.2, 0.25) is 0 Å². The smallest absolute Gasteiger partial charge is 0.320 e. The number of carbonyl (C=O) groups excluding carboxylic acids is 1. The predicted octanol–water partition coefficient (Wildman–Crippen LogP) is 6.31. The average molecular weight is 544 g/mol. The maximum absolute atomic E-state index is 12.2. The highest BCUT2D eigenvalue weighted by molar-refractivity contribution is 5.74. The van der Waals surface area contributed by atoms with Crippen LogP contribution in [0.1, 0.15) is 37.5 Å². The molecule has 0 atom stereocenters. The molecule has 0 aliphatic rings. The van der Waals surface area contributed by atoms with Crippen molar-refractivity contribution in [3.63, 3.8) is 0 Å². The van der Waals surface area contributed by atoms with E-state index in [1.165, 1.54) is 5.56 Å². The fourth-order valence-electron chi connectivity index (χ4n) is 4.55. The highest BCUT2D eigenvalue weighted by Gasteiger charge is 2.19. The van der Waals surface area contributed by atoms with Gasteiger partial charge in [0.1, 0.15) is 11.4 Å². The number of aryl methyl sites for hydroxylation is 1. The van der Waals surface area contributed by atoms with E-state index in [0.717, 1.165) is 33.4 Å². The lowest BCUT2D eigenvalue weighted by Gasteiger charge is -2.23. The lowest BCUT2D eigenvalue weighted by molar-refractivity contribution is -0.155. The van der Waals surface area contributed by atoms with Gasteiger partial charge in [0.15, 0.2) is 0 Å². The first-order valence-corrected chi connectivity index (χ1v) is 13.2. The van der Waals surface area contributed by atoms with E-state index in [-0.39, 0.29) is 12.5 Å². The Kier molecular flexibility index (Phi) is 9.02. The molecule has 210 valence electrons. The van der Waals surface area contributed by atoms with Crippen molar-refractivity contribution in [2.45, 2.75) is 46.4 Å². The molecule has 0 aliphatic heterocycles. The number of ether oxygens (including phenoxy) is 3. The minimum Gasteiger partial charge on any atom is -0.496 e. The van der Waals surface area contributed by atoms with Crippen molar-refractivity contribution in [3.8, 4) is 39.7 Å². The molecule has 8 heteroatoms. The molecule has 0 radical (unpaired) electrons. The van der Waals surface area contributed by atoms with Gasteiger partial charge in [-0.3, -0.25) is 9.69 Å². The van der Waals surface area contributed by atoms with Crippen LogP contribution in [0.25, 0.3) is 34.0 Å². The van der Waals surface area contributed by atoms with Crippen molar-refractivity contribution in [3.05, 3.63) is 77.4 Å². The number of carbonyl (C=O) groups is 1. The van der Waals surface area contributed by atoms with Crippen LogP contribution in [0.5, 0.6) is 5.75 Å². The summed E-state index contributed by atoms with van der Waals surface area (Å²) in [6.07, 6.45) is 0. The number of hydrogen-bond donors (Lipinski definition) is 0. The number of methoxy groups -OCH3 is 2. The first-order chi connectivity index (χ1) is 19.1. The number of likely N-dealkylation sites (N-methyl/N-ethyl adjacent to an activating group) is 1. The highest BCUT2D eigenvalue weighted by Crippen LogP contribution is 2.32. The molecule has 3 aromatic carbocycles. The Morgan fingerprint density at radius 3 is 2.40 bits per heavy atom. The minimum atomic E-state index is -0.519. The molecule has 0 amide bonds. The van der Waals surface area contributed by atoms with Gasteiger partial charge in [0, 0.05) is 30.3 Å². The summed E-state index contributed by atoms with van der Waals surface area (Å²) >= 11 is 0. The predicted molar refractivity (Wildman–Crippen MR) is 155 cm³/mol. The maximum Gasteiger partial charge on any atom is 0.320 e. The summed E-state index contributed by atoms with van der Waals surface area (Å²) in [5.41, 5.74) is 6.49. The summed E-state index contributed by atoms with van der Waals surface area (Å²) in [6, 6.07) is 20.1. The SMILES string of the molecule is COCc1cc(-c2nc(-c3ccc(CN(C)CC(=O)OC(C)(C)C)c(OC)c3)no2)ccc1-c1ccccc1C. The van der Waals surface area contributed by atoms with Crippen molar-refractivity contribution in [1.82, 2.24) is 15.0 Å². The van der Waals surface area contributed by atoms with Gasteiger partial charge < -0.3 is 18.7 Å². The summed E-state index contributed by atoms with van der Waals surface area (Å²) in [5, 5.41) is 4.23. The van der Waals surface area contributed by atoms with Gasteiger partial charge >= 0.3 is 5.97 Å². The Balaban J connectivity index is 1.54. The van der Waals surface area contributed by atoms with Crippen LogP contribution in [0, 0.1) is 6.92 Å². The first kappa shape index (κ1) is 29.0. The van der Waals surface area contributed by atoms with Crippen LogP contribution in [0.4, 0.5) is 0 Å². The third-order valence-corrected chi connectivity index (χ3v) is 6.32. The molecule has 0 spiro atoms. The number of nitrogens with zero attached hydrogens (tertiary/aromatic N) is 3. The zero-order valence-electron chi connectivity index (χ0n) is 24.3. The van der Waals surface area contributed by atoms with E-state index in [0.29, 0.717) is 30.6 Å². The number of rotatable bonds is 10. The van der Waals surface area contributed by atoms with Gasteiger partial charge in [0.05, 0.1) is 20.3 Å². The number of esters is 1. The lowest BCUT2D eigenvalue weighted by atomic mass is 9.94. The third-order valence-electron chi connectivity index (χ3n) is 6.32. The minimum absolute atomic E-state index is 0.171. The summed E-state index contributed by atoms with van der Waals surface area (Å²) in [5.74, 6) is 1.28. The number of hydrogen-bond acceptors (Lipinski definition) is 8. The maximum atomic E-state index is 12.2. The largest absolute Gasteiger partial charge is 0.496 e. The molecule has 40 heavy (non-hydrogen) atoms. The molecule has 0 saturated heterocycles. The standard InChI is InChI=1S/C32H37N3O5/c1-21-10-8-9-11-26(21)27-15-14-23(16-25(27)20-37-6)31-33-30(34-40-31)22-12-13-24(28(17-22)38-7)18-35(5)19-29(36)39-32(2,3)4/h8-17H,18-20H2,1-7H3. The van der Waals surface area contributed by atoms with Gasteiger partial charge in [-0.1, -0.05) is 47.6 Å². The van der Waals surface area contributed by atoms with Gasteiger partial charge in [-0.05, 0) is 75.2 Å². The molecule has 0 saturated carbocycles. The van der Waals surface area contributed by atoms with Crippen molar-refractivity contribution >= 4 is 5.97 Å². The zero-order chi connectivity index (χ0) is 28.9. The second kappa shape index (κ2) is 12.4. The molecule has 0 N–H and O–H groups in total. The van der Waals surface area contributed by atoms with E-state index < -0.39 is 5.60 Å². The van der Waals surface area contributed by atoms with E-state index in [4.69, 9.17) is 18.7 Å². The van der Waals surface area contributed by atoms with Crippen molar-refractivity contribution in [2.75, 3.05) is 27.8 Å². The zero-order valence-corrected chi connectivity index (χ0v) is 24.3. The van der Waals surface area contributed by atoms with Crippen LogP contribution in [0.3, 0.4) is 0 Å². The molecule has 0 fully saturated rings. The topological polar surface area (TPSA) is 86.9 Å². The molecule has 0 bridgehead atoms. The molecular weight excluding hydrogens is 506 g/mol. The quantitative estimate of drug-likeness (QED) is 0.215. The van der Waals surface area contributed by atoms with E-state index in [1.807, 2.05) is 75.2 Å². The molecule has 1 heterocycles. The van der Waals surface area contributed by atoms with Crippen LogP contribution in [-0.4, -0.2) is 54.4 Å². The molecule has 1 aromatic heterocycles. The summed E-state index contributed by atoms with van der Waals surface area (Å²) in [4.78, 5) is 18.8. The summed E-state index contributed by atoms with van der Waals surface area (Å²) < 4.78 is 22.2. The van der Waals surface area contributed by atoms with Crippen LogP contribution in [0.15, 0.2) is 65.2 Å². The van der Waals surface area contributed by atoms with E-state index in [9.17, 15) is 4.79 Å². The Hall–Kier alpha value is -4.01. The van der Waals surface area contributed by atoms with Gasteiger partial charge in [-0.25, -0.2) is 0 Å². The summed E-state index contributed by atoms with van der Waals surface area (Å²) in [7, 11) is 5.17. The van der Waals surface area contributed by atoms with Gasteiger partial charge in [-0.2, -0.15) is 4.98 Å². The van der Waals surface area contributed by atoms with Crippen LogP contribution < -0.4 is 4.74 Å². The van der Waals surface area contributed by atoms with Crippen molar-refractivity contribution < 1.29 is 23.5 Å². The van der Waals surface area contributed by atoms with Crippen molar-refractivity contribution in [1.29, 1.82) is 0 Å².